The van der Waals surface area contributed by atoms with E-state index in [1.54, 1.807) is 0 Å². The first-order chi connectivity index (χ1) is 16.0. The molecule has 0 unspecified atom stereocenters. The number of anilines is 2. The molecule has 5 heteroatoms. The molecule has 0 spiro atoms. The van der Waals surface area contributed by atoms with Crippen LogP contribution >= 0.6 is 0 Å². The molecule has 0 atom stereocenters. The van der Waals surface area contributed by atoms with Crippen molar-refractivity contribution in [3.8, 4) is 23.5 Å². The fourth-order valence-electron chi connectivity index (χ4n) is 4.48. The standard InChI is InChI=1S/C22H26N2O.C6H10.CH2O2/c1-5-6-17-15(3)21-22-18(13-19(25)24(22)12-11-23(21)4)20(17)16-9-7-14(2)8-10-16;1-5-6(2,3)4;2-1-3/h7-10H,5-6,11-13H2,1-4H3;1H,2-4H3;1H,(H,2,3). The average molecular weight is 463 g/mol. The molecule has 0 radical (unpaired) electrons. The van der Waals surface area contributed by atoms with E-state index in [1.165, 1.54) is 44.8 Å². The van der Waals surface area contributed by atoms with Crippen molar-refractivity contribution in [2.45, 2.75) is 60.8 Å². The molecule has 5 nitrogen and oxygen atoms in total. The number of carbonyl (C=O) groups is 2. The molecule has 0 saturated heterocycles. The number of aryl methyl sites for hydroxylation is 1. The molecule has 1 N–H and O–H groups in total. The third kappa shape index (κ3) is 5.80. The molecule has 1 amide bonds. The zero-order chi connectivity index (χ0) is 25.6. The van der Waals surface area contributed by atoms with Crippen molar-refractivity contribution in [1.29, 1.82) is 0 Å². The van der Waals surface area contributed by atoms with Gasteiger partial charge in [-0.15, -0.1) is 12.3 Å². The normalized spacial score (nSPS) is 13.8. The number of rotatable bonds is 3. The van der Waals surface area contributed by atoms with E-state index in [2.05, 4.69) is 62.9 Å². The Bertz CT molecular complexity index is 1070. The number of terminal acetylenes is 1. The lowest BCUT2D eigenvalue weighted by Crippen LogP contribution is -2.40. The van der Waals surface area contributed by atoms with Crippen molar-refractivity contribution >= 4 is 23.8 Å². The van der Waals surface area contributed by atoms with E-state index in [0.29, 0.717) is 6.42 Å². The fraction of sp³-hybridized carbons (Fsp3) is 0.448. The molecule has 182 valence electrons. The molecule has 0 aliphatic carbocycles. The number of nitrogens with zero attached hydrogens (tertiary/aromatic N) is 2. The van der Waals surface area contributed by atoms with Gasteiger partial charge in [0.2, 0.25) is 5.91 Å². The summed E-state index contributed by atoms with van der Waals surface area (Å²) in [7, 11) is 2.16. The molecule has 2 heterocycles. The van der Waals surface area contributed by atoms with E-state index in [4.69, 9.17) is 16.3 Å². The largest absolute Gasteiger partial charge is 0.483 e. The topological polar surface area (TPSA) is 60.9 Å². The Kier molecular flexibility index (Phi) is 8.93. The van der Waals surface area contributed by atoms with Crippen LogP contribution in [-0.4, -0.2) is 37.6 Å². The molecule has 2 aliphatic rings. The van der Waals surface area contributed by atoms with Gasteiger partial charge in [0.25, 0.3) is 6.47 Å². The Morgan fingerprint density at radius 2 is 1.68 bits per heavy atom. The third-order valence-electron chi connectivity index (χ3n) is 6.13. The van der Waals surface area contributed by atoms with Gasteiger partial charge in [-0.25, -0.2) is 0 Å². The quantitative estimate of drug-likeness (QED) is 0.474. The Hall–Kier alpha value is -3.26. The minimum atomic E-state index is -0.250. The number of carbonyl (C=O) groups excluding carboxylic acids is 1. The first kappa shape index (κ1) is 27.0. The highest BCUT2D eigenvalue weighted by atomic mass is 16.3. The minimum Gasteiger partial charge on any atom is -0.483 e. The lowest BCUT2D eigenvalue weighted by Gasteiger charge is -2.36. The fourth-order valence-corrected chi connectivity index (χ4v) is 4.48. The van der Waals surface area contributed by atoms with E-state index in [-0.39, 0.29) is 17.8 Å². The van der Waals surface area contributed by atoms with Crippen molar-refractivity contribution in [3.05, 3.63) is 46.5 Å². The highest BCUT2D eigenvalue weighted by Gasteiger charge is 2.38. The summed E-state index contributed by atoms with van der Waals surface area (Å²) in [6.45, 7) is 14.1. The number of benzene rings is 2. The summed E-state index contributed by atoms with van der Waals surface area (Å²) in [5, 5.41) is 6.89. The Balaban J connectivity index is 0.000000391. The summed E-state index contributed by atoms with van der Waals surface area (Å²) in [6.07, 6.45) is 7.76. The van der Waals surface area contributed by atoms with Crippen LogP contribution in [0.25, 0.3) is 11.1 Å². The second-order valence-electron chi connectivity index (χ2n) is 9.91. The van der Waals surface area contributed by atoms with E-state index >= 15 is 0 Å². The molecule has 0 bridgehead atoms. The first-order valence-corrected chi connectivity index (χ1v) is 11.8. The van der Waals surface area contributed by atoms with Crippen LogP contribution in [0.5, 0.6) is 0 Å². The van der Waals surface area contributed by atoms with Crippen LogP contribution in [0.4, 0.5) is 11.4 Å². The van der Waals surface area contributed by atoms with Gasteiger partial charge in [-0.05, 0) is 68.9 Å². The van der Waals surface area contributed by atoms with Gasteiger partial charge < -0.3 is 14.9 Å². The lowest BCUT2D eigenvalue weighted by atomic mass is 9.85. The number of likely N-dealkylation sites (N-methyl/N-ethyl adjacent to an activating group) is 1. The Morgan fingerprint density at radius 1 is 1.12 bits per heavy atom. The van der Waals surface area contributed by atoms with E-state index < -0.39 is 0 Å². The van der Waals surface area contributed by atoms with Gasteiger partial charge >= 0.3 is 0 Å². The van der Waals surface area contributed by atoms with Crippen LogP contribution < -0.4 is 9.80 Å². The lowest BCUT2D eigenvalue weighted by molar-refractivity contribution is -0.123. The van der Waals surface area contributed by atoms with Gasteiger partial charge in [-0.3, -0.25) is 9.59 Å². The Labute approximate surface area is 204 Å². The summed E-state index contributed by atoms with van der Waals surface area (Å²) in [5.41, 5.74) is 10.3. The summed E-state index contributed by atoms with van der Waals surface area (Å²) in [6, 6.07) is 8.78. The number of amides is 1. The highest BCUT2D eigenvalue weighted by Crippen LogP contribution is 2.49. The molecule has 2 aromatic carbocycles. The SMILES string of the molecule is C#CC(C)(C)C.CCCc1c(C)c2c3c(c1-c1ccc(C)cc1)CC(=O)N3CCN2C.O=CO. The van der Waals surface area contributed by atoms with Crippen LogP contribution in [0.1, 0.15) is 56.4 Å². The smallest absolute Gasteiger partial charge is 0.290 e. The zero-order valence-corrected chi connectivity index (χ0v) is 21.7. The maximum Gasteiger partial charge on any atom is 0.290 e. The zero-order valence-electron chi connectivity index (χ0n) is 21.7. The van der Waals surface area contributed by atoms with E-state index in [9.17, 15) is 4.79 Å². The molecule has 0 aromatic heterocycles. The van der Waals surface area contributed by atoms with Gasteiger partial charge in [0, 0.05) is 25.6 Å². The summed E-state index contributed by atoms with van der Waals surface area (Å²) in [5.74, 6) is 2.86. The second-order valence-corrected chi connectivity index (χ2v) is 9.91. The van der Waals surface area contributed by atoms with Crippen molar-refractivity contribution < 1.29 is 14.7 Å². The predicted octanol–water partition coefficient (Wildman–Crippen LogP) is 5.63. The maximum absolute atomic E-state index is 12.7. The van der Waals surface area contributed by atoms with Crippen LogP contribution in [0, 0.1) is 31.6 Å². The van der Waals surface area contributed by atoms with E-state index in [1.807, 2.05) is 25.7 Å². The maximum atomic E-state index is 12.7. The van der Waals surface area contributed by atoms with Gasteiger partial charge in [-0.1, -0.05) is 43.2 Å². The Morgan fingerprint density at radius 3 is 2.18 bits per heavy atom. The van der Waals surface area contributed by atoms with Crippen LogP contribution in [0.3, 0.4) is 0 Å². The average Bonchev–Trinajstić information content (AvgIpc) is 3.10. The molecule has 2 aromatic rings. The number of carboxylic acid groups (broad SMARTS) is 1. The minimum absolute atomic E-state index is 0.0694. The molecule has 34 heavy (non-hydrogen) atoms. The summed E-state index contributed by atoms with van der Waals surface area (Å²) < 4.78 is 0. The first-order valence-electron chi connectivity index (χ1n) is 11.8. The monoisotopic (exact) mass is 462 g/mol. The van der Waals surface area contributed by atoms with Crippen molar-refractivity contribution in [2.75, 3.05) is 29.9 Å². The van der Waals surface area contributed by atoms with Gasteiger partial charge in [-0.2, -0.15) is 0 Å². The number of hydrogen-bond donors (Lipinski definition) is 1. The van der Waals surface area contributed by atoms with Crippen LogP contribution in [0.2, 0.25) is 0 Å². The van der Waals surface area contributed by atoms with Crippen molar-refractivity contribution in [2.24, 2.45) is 5.41 Å². The van der Waals surface area contributed by atoms with Crippen molar-refractivity contribution in [1.82, 2.24) is 0 Å². The van der Waals surface area contributed by atoms with Crippen LogP contribution in [-0.2, 0) is 22.4 Å². The molecule has 4 rings (SSSR count). The molecule has 0 fully saturated rings. The molecular formula is C29H38N2O3. The van der Waals surface area contributed by atoms with Gasteiger partial charge in [0.05, 0.1) is 17.8 Å². The molecule has 2 aliphatic heterocycles. The van der Waals surface area contributed by atoms with Crippen molar-refractivity contribution in [3.63, 3.8) is 0 Å². The summed E-state index contributed by atoms with van der Waals surface area (Å²) in [4.78, 5) is 25.4. The van der Waals surface area contributed by atoms with Crippen LogP contribution in [0.15, 0.2) is 24.3 Å². The molecule has 0 saturated carbocycles. The highest BCUT2D eigenvalue weighted by molar-refractivity contribution is 6.09. The second kappa shape index (κ2) is 11.2. The summed E-state index contributed by atoms with van der Waals surface area (Å²) >= 11 is 0. The van der Waals surface area contributed by atoms with Gasteiger partial charge in [0.15, 0.2) is 0 Å². The predicted molar refractivity (Wildman–Crippen MR) is 142 cm³/mol. The molecular weight excluding hydrogens is 424 g/mol. The van der Waals surface area contributed by atoms with E-state index in [0.717, 1.165) is 25.9 Å². The van der Waals surface area contributed by atoms with Gasteiger partial charge in [0.1, 0.15) is 0 Å². The number of hydrogen-bond acceptors (Lipinski definition) is 3. The third-order valence-corrected chi connectivity index (χ3v) is 6.13.